The maximum atomic E-state index is 12.8. The van der Waals surface area contributed by atoms with Gasteiger partial charge in [0.1, 0.15) is 5.15 Å². The van der Waals surface area contributed by atoms with Gasteiger partial charge in [-0.2, -0.15) is 23.4 Å². The Morgan fingerprint density at radius 1 is 1.25 bits per heavy atom. The molecule has 2 heterocycles. The maximum Gasteiger partial charge on any atom is 0.412 e. The number of rotatable bonds is 10. The summed E-state index contributed by atoms with van der Waals surface area (Å²) in [7, 11) is 1.54. The number of benzene rings is 1. The second-order valence-corrected chi connectivity index (χ2v) is 9.06. The fourth-order valence-electron chi connectivity index (χ4n) is 3.92. The van der Waals surface area contributed by atoms with E-state index in [-0.39, 0.29) is 24.9 Å². The van der Waals surface area contributed by atoms with Gasteiger partial charge in [-0.3, -0.25) is 4.79 Å². The Bertz CT molecular complexity index is 1060. The number of aliphatic hydroxyl groups is 1. The molecule has 2 N–H and O–H groups in total. The smallest absolute Gasteiger partial charge is 0.386 e. The minimum atomic E-state index is -4.41. The first-order valence-electron chi connectivity index (χ1n) is 11.5. The van der Waals surface area contributed by atoms with Crippen LogP contribution in [-0.4, -0.2) is 65.3 Å². The lowest BCUT2D eigenvalue weighted by atomic mass is 10.0. The highest BCUT2D eigenvalue weighted by atomic mass is 35.5. The molecule has 1 aliphatic rings. The molecular formula is C25H29ClF3N5O2. The molecule has 1 aliphatic heterocycles. The second kappa shape index (κ2) is 12.4. The van der Waals surface area contributed by atoms with E-state index >= 15 is 0 Å². The normalized spacial score (nSPS) is 19.5. The van der Waals surface area contributed by atoms with Gasteiger partial charge in [0.25, 0.3) is 5.91 Å². The number of aliphatic hydroxyl groups excluding tert-OH is 1. The number of hydrogen-bond acceptors (Lipinski definition) is 6. The van der Waals surface area contributed by atoms with E-state index in [0.717, 1.165) is 5.56 Å². The van der Waals surface area contributed by atoms with E-state index in [0.29, 0.717) is 29.2 Å². The van der Waals surface area contributed by atoms with E-state index in [4.69, 9.17) is 11.6 Å². The van der Waals surface area contributed by atoms with Gasteiger partial charge in [-0.15, -0.1) is 0 Å². The predicted octanol–water partition coefficient (Wildman–Crippen LogP) is 4.77. The van der Waals surface area contributed by atoms with Crippen LogP contribution in [0.1, 0.15) is 40.9 Å². The zero-order chi connectivity index (χ0) is 26.3. The Balaban J connectivity index is 1.50. The molecule has 1 amide bonds. The summed E-state index contributed by atoms with van der Waals surface area (Å²) in [5.41, 5.74) is 2.07. The number of likely N-dealkylation sites (N-methyl/N-ethyl adjacent to an activating group) is 1. The van der Waals surface area contributed by atoms with Crippen LogP contribution in [0.4, 0.5) is 13.2 Å². The quantitative estimate of drug-likeness (QED) is 0.346. The topological polar surface area (TPSA) is 90.2 Å². The molecule has 0 bridgehead atoms. The van der Waals surface area contributed by atoms with Crippen LogP contribution in [0.3, 0.4) is 0 Å². The van der Waals surface area contributed by atoms with Crippen molar-refractivity contribution < 1.29 is 23.1 Å². The van der Waals surface area contributed by atoms with Crippen LogP contribution in [0.5, 0.6) is 0 Å². The van der Waals surface area contributed by atoms with Crippen molar-refractivity contribution in [2.24, 2.45) is 10.2 Å². The largest absolute Gasteiger partial charge is 0.412 e. The summed E-state index contributed by atoms with van der Waals surface area (Å²) in [6.45, 7) is 2.52. The molecule has 194 valence electrons. The standard InChI is InChI=1S/C25H29ClF3N5O2/c1-3-4-20(23(35)18-9-10-22(26)31-14-18)30-12-11-16-5-7-17(8-6-16)24(36)34(2)15-19-13-21(33-32-19)25(27,28)29/h3-10,14,19-21,23,30,35H,11-13,15H2,1-2H3. The first-order valence-corrected chi connectivity index (χ1v) is 11.9. The van der Waals surface area contributed by atoms with E-state index in [2.05, 4.69) is 20.5 Å². The lowest BCUT2D eigenvalue weighted by Gasteiger charge is -2.22. The van der Waals surface area contributed by atoms with Crippen LogP contribution in [0, 0.1) is 0 Å². The molecule has 0 saturated heterocycles. The zero-order valence-corrected chi connectivity index (χ0v) is 20.7. The Kier molecular flexibility index (Phi) is 9.58. The van der Waals surface area contributed by atoms with E-state index in [1.54, 1.807) is 37.5 Å². The minimum Gasteiger partial charge on any atom is -0.386 e. The van der Waals surface area contributed by atoms with Crippen molar-refractivity contribution in [3.05, 3.63) is 76.6 Å². The van der Waals surface area contributed by atoms with Crippen LogP contribution in [0.25, 0.3) is 0 Å². The van der Waals surface area contributed by atoms with Crippen molar-refractivity contribution in [2.45, 2.75) is 50.2 Å². The summed E-state index contributed by atoms with van der Waals surface area (Å²) >= 11 is 5.82. The number of allylic oxidation sites excluding steroid dienone is 1. The fourth-order valence-corrected chi connectivity index (χ4v) is 4.03. The van der Waals surface area contributed by atoms with Gasteiger partial charge in [0.15, 0.2) is 6.04 Å². The fraction of sp³-hybridized carbons (Fsp3) is 0.440. The molecule has 1 aromatic carbocycles. The number of pyridine rings is 1. The average Bonchev–Trinajstić information content (AvgIpc) is 3.33. The third kappa shape index (κ3) is 7.59. The summed E-state index contributed by atoms with van der Waals surface area (Å²) in [5.74, 6) is -0.293. The van der Waals surface area contributed by atoms with Crippen molar-refractivity contribution in [1.29, 1.82) is 0 Å². The highest BCUT2D eigenvalue weighted by molar-refractivity contribution is 6.29. The van der Waals surface area contributed by atoms with Crippen LogP contribution in [-0.2, 0) is 6.42 Å². The Morgan fingerprint density at radius 3 is 2.56 bits per heavy atom. The van der Waals surface area contributed by atoms with Crippen LogP contribution >= 0.6 is 11.6 Å². The van der Waals surface area contributed by atoms with Crippen molar-refractivity contribution >= 4 is 17.5 Å². The molecule has 1 aromatic heterocycles. The molecule has 11 heteroatoms. The van der Waals surface area contributed by atoms with Gasteiger partial charge in [-0.05, 0) is 43.7 Å². The molecule has 4 unspecified atom stereocenters. The molecule has 2 aromatic rings. The van der Waals surface area contributed by atoms with E-state index < -0.39 is 24.4 Å². The number of nitrogens with zero attached hydrogens (tertiary/aromatic N) is 4. The number of aromatic nitrogens is 1. The summed E-state index contributed by atoms with van der Waals surface area (Å²) < 4.78 is 38.3. The Hall–Kier alpha value is -2.82. The number of amides is 1. The third-order valence-electron chi connectivity index (χ3n) is 5.90. The second-order valence-electron chi connectivity index (χ2n) is 8.68. The molecule has 7 nitrogen and oxygen atoms in total. The van der Waals surface area contributed by atoms with Gasteiger partial charge in [0, 0.05) is 37.3 Å². The summed E-state index contributed by atoms with van der Waals surface area (Å²) in [4.78, 5) is 18.1. The molecule has 3 rings (SSSR count). The maximum absolute atomic E-state index is 12.8. The van der Waals surface area contributed by atoms with E-state index in [9.17, 15) is 23.1 Å². The van der Waals surface area contributed by atoms with Gasteiger partial charge in [0.05, 0.1) is 18.2 Å². The third-order valence-corrected chi connectivity index (χ3v) is 6.12. The average molecular weight is 524 g/mol. The zero-order valence-electron chi connectivity index (χ0n) is 20.0. The molecule has 36 heavy (non-hydrogen) atoms. The summed E-state index contributed by atoms with van der Waals surface area (Å²) in [6.07, 6.45) is 0.475. The Labute approximate surface area is 213 Å². The highest BCUT2D eigenvalue weighted by Crippen LogP contribution is 2.31. The van der Waals surface area contributed by atoms with Crippen LogP contribution < -0.4 is 5.32 Å². The number of carbonyl (C=O) groups is 1. The predicted molar refractivity (Wildman–Crippen MR) is 131 cm³/mol. The number of azo groups is 1. The molecule has 0 radical (unpaired) electrons. The number of alkyl halides is 3. The molecule has 0 saturated carbocycles. The monoisotopic (exact) mass is 523 g/mol. The van der Waals surface area contributed by atoms with Crippen LogP contribution in [0.2, 0.25) is 5.15 Å². The lowest BCUT2D eigenvalue weighted by Crippen LogP contribution is -2.35. The van der Waals surface area contributed by atoms with Crippen LogP contribution in [0.15, 0.2) is 65.0 Å². The Morgan fingerprint density at radius 2 is 1.97 bits per heavy atom. The van der Waals surface area contributed by atoms with Gasteiger partial charge >= 0.3 is 6.18 Å². The van der Waals surface area contributed by atoms with Crippen molar-refractivity contribution in [1.82, 2.24) is 15.2 Å². The van der Waals surface area contributed by atoms with E-state index in [1.807, 2.05) is 31.2 Å². The molecule has 0 fully saturated rings. The van der Waals surface area contributed by atoms with Crippen molar-refractivity contribution in [3.63, 3.8) is 0 Å². The van der Waals surface area contributed by atoms with Crippen molar-refractivity contribution in [3.8, 4) is 0 Å². The summed E-state index contributed by atoms with van der Waals surface area (Å²) in [6, 6.07) is 7.64. The minimum absolute atomic E-state index is 0.0678. The first kappa shape index (κ1) is 27.8. The molecular weight excluding hydrogens is 495 g/mol. The molecule has 0 aliphatic carbocycles. The summed E-state index contributed by atoms with van der Waals surface area (Å²) in [5, 5.41) is 21.4. The lowest BCUT2D eigenvalue weighted by molar-refractivity contribution is -0.146. The number of carbonyl (C=O) groups excluding carboxylic acids is 1. The van der Waals surface area contributed by atoms with Gasteiger partial charge in [-0.1, -0.05) is 42.0 Å². The first-order chi connectivity index (χ1) is 17.1. The van der Waals surface area contributed by atoms with Gasteiger partial charge < -0.3 is 15.3 Å². The molecule has 4 atom stereocenters. The molecule has 0 spiro atoms. The van der Waals surface area contributed by atoms with Crippen molar-refractivity contribution in [2.75, 3.05) is 20.1 Å². The number of hydrogen-bond donors (Lipinski definition) is 2. The number of nitrogens with one attached hydrogen (secondary N) is 1. The highest BCUT2D eigenvalue weighted by Gasteiger charge is 2.44. The SMILES string of the molecule is CC=CC(NCCc1ccc(C(=O)N(C)CC2CC(C(F)(F)F)N=N2)cc1)C(O)c1ccc(Cl)nc1. The van der Waals surface area contributed by atoms with Gasteiger partial charge in [-0.25, -0.2) is 4.98 Å². The number of halogens is 4. The van der Waals surface area contributed by atoms with E-state index in [1.165, 1.54) is 4.90 Å². The van der Waals surface area contributed by atoms with Gasteiger partial charge in [0.2, 0.25) is 0 Å².